The average Bonchev–Trinajstić information content (AvgIpc) is 3.66. The largest absolute Gasteiger partial charge is 0.453 e. The molecule has 6 rings (SSSR count). The van der Waals surface area contributed by atoms with Crippen molar-refractivity contribution in [3.05, 3.63) is 150 Å². The predicted octanol–water partition coefficient (Wildman–Crippen LogP) is 9.02. The molecule has 0 unspecified atom stereocenters. The maximum atomic E-state index is 12.7. The second-order valence-electron chi connectivity index (χ2n) is 8.99. The molecule has 39 heavy (non-hydrogen) atoms. The molecular formula is C34H23ClN2O2. The summed E-state index contributed by atoms with van der Waals surface area (Å²) in [6.45, 7) is 0. The van der Waals surface area contributed by atoms with Gasteiger partial charge >= 0.3 is 0 Å². The van der Waals surface area contributed by atoms with Crippen LogP contribution in [0, 0.1) is 0 Å². The van der Waals surface area contributed by atoms with Crippen LogP contribution in [0.5, 0.6) is 0 Å². The fraction of sp³-hybridized carbons (Fsp3) is 0. The highest BCUT2D eigenvalue weighted by molar-refractivity contribution is 6.33. The Balaban J connectivity index is 1.25. The van der Waals surface area contributed by atoms with Gasteiger partial charge in [0.05, 0.1) is 22.1 Å². The Bertz CT molecular complexity index is 1770. The van der Waals surface area contributed by atoms with E-state index in [0.29, 0.717) is 10.8 Å². The van der Waals surface area contributed by atoms with Crippen LogP contribution in [0.3, 0.4) is 0 Å². The van der Waals surface area contributed by atoms with Crippen LogP contribution in [0.15, 0.2) is 138 Å². The van der Waals surface area contributed by atoms with E-state index in [0.717, 1.165) is 39.3 Å². The molecule has 0 spiro atoms. The summed E-state index contributed by atoms with van der Waals surface area (Å²) in [5.74, 6) is 0.601. The van der Waals surface area contributed by atoms with Crippen molar-refractivity contribution in [2.75, 3.05) is 0 Å². The van der Waals surface area contributed by atoms with Crippen molar-refractivity contribution in [2.45, 2.75) is 0 Å². The molecule has 4 nitrogen and oxygen atoms in total. The zero-order valence-electron chi connectivity index (χ0n) is 20.9. The molecule has 0 saturated carbocycles. The second-order valence-corrected chi connectivity index (χ2v) is 9.40. The van der Waals surface area contributed by atoms with Crippen molar-refractivity contribution >= 4 is 23.5 Å². The number of rotatable bonds is 7. The standard InChI is InChI=1S/C34H23ClN2O2/c35-29-14-8-7-13-28(29)33-21-22-34(39-33)32(38)20-17-24-15-18-27(19-16-24)37-31(26-11-5-2-6-12-26)23-30(36-37)25-9-3-1-4-10-25/h1-23H/b20-17+. The number of benzene rings is 4. The maximum absolute atomic E-state index is 12.7. The highest BCUT2D eigenvalue weighted by Crippen LogP contribution is 2.30. The number of carbonyl (C=O) groups is 1. The molecule has 5 heteroatoms. The number of halogens is 1. The zero-order valence-corrected chi connectivity index (χ0v) is 21.6. The number of allylic oxidation sites excluding steroid dienone is 1. The quantitative estimate of drug-likeness (QED) is 0.154. The number of ketones is 1. The fourth-order valence-electron chi connectivity index (χ4n) is 4.40. The molecule has 0 aliphatic rings. The molecule has 0 aliphatic carbocycles. The SMILES string of the molecule is O=C(/C=C/c1ccc(-n2nc(-c3ccccc3)cc2-c2ccccc2)cc1)c1ccc(-c2ccccc2Cl)o1. The van der Waals surface area contributed by atoms with Crippen molar-refractivity contribution in [1.29, 1.82) is 0 Å². The van der Waals surface area contributed by atoms with Gasteiger partial charge in [-0.25, -0.2) is 4.68 Å². The van der Waals surface area contributed by atoms with E-state index in [9.17, 15) is 4.79 Å². The lowest BCUT2D eigenvalue weighted by molar-refractivity contribution is 0.102. The molecule has 0 aliphatic heterocycles. The van der Waals surface area contributed by atoms with Crippen LogP contribution in [0.25, 0.3) is 45.6 Å². The molecule has 0 saturated heterocycles. The zero-order chi connectivity index (χ0) is 26.6. The van der Waals surface area contributed by atoms with Gasteiger partial charge in [0.25, 0.3) is 0 Å². The summed E-state index contributed by atoms with van der Waals surface area (Å²) in [5, 5.41) is 5.50. The highest BCUT2D eigenvalue weighted by Gasteiger charge is 2.14. The molecule has 2 aromatic heterocycles. The van der Waals surface area contributed by atoms with Crippen LogP contribution >= 0.6 is 11.6 Å². The van der Waals surface area contributed by atoms with Gasteiger partial charge in [0, 0.05) is 16.7 Å². The Morgan fingerprint density at radius 3 is 2.13 bits per heavy atom. The summed E-state index contributed by atoms with van der Waals surface area (Å²) in [5.41, 5.74) is 6.61. The molecule has 188 valence electrons. The minimum atomic E-state index is -0.219. The van der Waals surface area contributed by atoms with E-state index in [2.05, 4.69) is 30.3 Å². The van der Waals surface area contributed by atoms with Gasteiger partial charge < -0.3 is 4.42 Å². The van der Waals surface area contributed by atoms with Crippen molar-refractivity contribution in [1.82, 2.24) is 9.78 Å². The third-order valence-corrected chi connectivity index (χ3v) is 6.73. The third kappa shape index (κ3) is 5.24. The minimum absolute atomic E-state index is 0.219. The van der Waals surface area contributed by atoms with E-state index in [-0.39, 0.29) is 11.5 Å². The van der Waals surface area contributed by atoms with Crippen molar-refractivity contribution in [2.24, 2.45) is 0 Å². The first-order valence-electron chi connectivity index (χ1n) is 12.5. The summed E-state index contributed by atoms with van der Waals surface area (Å²) in [4.78, 5) is 12.7. The number of carbonyl (C=O) groups excluding carboxylic acids is 1. The Morgan fingerprint density at radius 2 is 1.41 bits per heavy atom. The van der Waals surface area contributed by atoms with Crippen LogP contribution in [-0.4, -0.2) is 15.6 Å². The van der Waals surface area contributed by atoms with Crippen molar-refractivity contribution in [3.8, 4) is 39.5 Å². The van der Waals surface area contributed by atoms with E-state index in [1.165, 1.54) is 6.08 Å². The van der Waals surface area contributed by atoms with Gasteiger partial charge in [0.2, 0.25) is 5.78 Å². The average molecular weight is 527 g/mol. The molecule has 0 atom stereocenters. The first-order valence-corrected chi connectivity index (χ1v) is 12.9. The molecule has 0 radical (unpaired) electrons. The van der Waals surface area contributed by atoms with Gasteiger partial charge in [-0.2, -0.15) is 5.10 Å². The van der Waals surface area contributed by atoms with Gasteiger partial charge in [-0.1, -0.05) is 103 Å². The van der Waals surface area contributed by atoms with Gasteiger partial charge in [0.1, 0.15) is 5.76 Å². The van der Waals surface area contributed by atoms with Crippen molar-refractivity contribution < 1.29 is 9.21 Å². The Kier molecular flexibility index (Phi) is 6.77. The summed E-state index contributed by atoms with van der Waals surface area (Å²) < 4.78 is 7.73. The highest BCUT2D eigenvalue weighted by atomic mass is 35.5. The van der Waals surface area contributed by atoms with Crippen molar-refractivity contribution in [3.63, 3.8) is 0 Å². The number of hydrogen-bond donors (Lipinski definition) is 0. The van der Waals surface area contributed by atoms with E-state index >= 15 is 0 Å². The summed E-state index contributed by atoms with van der Waals surface area (Å²) >= 11 is 6.26. The lowest BCUT2D eigenvalue weighted by Crippen LogP contribution is -1.99. The summed E-state index contributed by atoms with van der Waals surface area (Å²) in [6, 6.07) is 41.2. The second kappa shape index (κ2) is 10.8. The van der Waals surface area contributed by atoms with Gasteiger partial charge in [-0.3, -0.25) is 4.79 Å². The number of nitrogens with zero attached hydrogens (tertiary/aromatic N) is 2. The van der Waals surface area contributed by atoms with Crippen LogP contribution in [0.1, 0.15) is 16.1 Å². The molecule has 0 amide bonds. The first kappa shape index (κ1) is 24.4. The molecular weight excluding hydrogens is 504 g/mol. The van der Waals surface area contributed by atoms with Gasteiger partial charge in [-0.05, 0) is 54.1 Å². The lowest BCUT2D eigenvalue weighted by atomic mass is 10.1. The minimum Gasteiger partial charge on any atom is -0.453 e. The molecule has 2 heterocycles. The monoisotopic (exact) mass is 526 g/mol. The molecule has 0 N–H and O–H groups in total. The van der Waals surface area contributed by atoms with Crippen LogP contribution in [-0.2, 0) is 0 Å². The maximum Gasteiger partial charge on any atom is 0.221 e. The molecule has 6 aromatic rings. The van der Waals surface area contributed by atoms with Gasteiger partial charge in [0.15, 0.2) is 5.76 Å². The molecule has 0 bridgehead atoms. The smallest absolute Gasteiger partial charge is 0.221 e. The van der Waals surface area contributed by atoms with Gasteiger partial charge in [-0.15, -0.1) is 0 Å². The summed E-state index contributed by atoms with van der Waals surface area (Å²) in [6.07, 6.45) is 3.29. The van der Waals surface area contributed by atoms with Crippen LogP contribution < -0.4 is 0 Å². The van der Waals surface area contributed by atoms with Crippen LogP contribution in [0.4, 0.5) is 0 Å². The first-order chi connectivity index (χ1) is 19.2. The van der Waals surface area contributed by atoms with Crippen LogP contribution in [0.2, 0.25) is 5.02 Å². The normalized spacial score (nSPS) is 11.2. The molecule has 0 fully saturated rings. The lowest BCUT2D eigenvalue weighted by Gasteiger charge is -2.08. The number of aromatic nitrogens is 2. The predicted molar refractivity (Wildman–Crippen MR) is 157 cm³/mol. The van der Waals surface area contributed by atoms with E-state index in [4.69, 9.17) is 21.1 Å². The third-order valence-electron chi connectivity index (χ3n) is 6.40. The topological polar surface area (TPSA) is 48.0 Å². The Labute approximate surface area is 231 Å². The number of hydrogen-bond acceptors (Lipinski definition) is 3. The van der Waals surface area contributed by atoms with E-state index in [1.54, 1.807) is 24.3 Å². The Morgan fingerprint density at radius 1 is 0.744 bits per heavy atom. The fourth-order valence-corrected chi connectivity index (χ4v) is 4.63. The molecule has 4 aromatic carbocycles. The Hall–Kier alpha value is -4.93. The van der Waals surface area contributed by atoms with E-state index in [1.807, 2.05) is 83.5 Å². The van der Waals surface area contributed by atoms with E-state index < -0.39 is 0 Å². The summed E-state index contributed by atoms with van der Waals surface area (Å²) in [7, 11) is 0. The number of furan rings is 1.